The molecule has 166 valence electrons. The highest BCUT2D eigenvalue weighted by Gasteiger charge is 2.21. The summed E-state index contributed by atoms with van der Waals surface area (Å²) in [6.07, 6.45) is 5.22. The van der Waals surface area contributed by atoms with Crippen molar-refractivity contribution in [3.8, 4) is 0 Å². The SMILES string of the molecule is Cc1cccc(NS(=O)(=O)c2cc(C(=O)OCC(=O)NC3CCCCC3)ccc2C)c1. The minimum atomic E-state index is -3.90. The lowest BCUT2D eigenvalue weighted by Gasteiger charge is -2.22. The van der Waals surface area contributed by atoms with Crippen molar-refractivity contribution in [2.45, 2.75) is 56.9 Å². The van der Waals surface area contributed by atoms with Crippen LogP contribution in [-0.2, 0) is 19.6 Å². The van der Waals surface area contributed by atoms with Crippen molar-refractivity contribution in [3.63, 3.8) is 0 Å². The normalized spacial score (nSPS) is 14.6. The van der Waals surface area contributed by atoms with Crippen molar-refractivity contribution in [2.24, 2.45) is 0 Å². The Morgan fingerprint density at radius 2 is 1.77 bits per heavy atom. The van der Waals surface area contributed by atoms with Gasteiger partial charge in [0.1, 0.15) is 0 Å². The van der Waals surface area contributed by atoms with Crippen LogP contribution in [0, 0.1) is 13.8 Å². The number of esters is 1. The van der Waals surface area contributed by atoms with Crippen LogP contribution in [0.4, 0.5) is 5.69 Å². The van der Waals surface area contributed by atoms with Gasteiger partial charge < -0.3 is 10.1 Å². The summed E-state index contributed by atoms with van der Waals surface area (Å²) in [6.45, 7) is 3.12. The van der Waals surface area contributed by atoms with E-state index in [9.17, 15) is 18.0 Å². The van der Waals surface area contributed by atoms with Crippen LogP contribution in [0.1, 0.15) is 53.6 Å². The Balaban J connectivity index is 1.66. The highest BCUT2D eigenvalue weighted by atomic mass is 32.2. The molecular weight excluding hydrogens is 416 g/mol. The van der Waals surface area contributed by atoms with Crippen LogP contribution in [0.5, 0.6) is 0 Å². The van der Waals surface area contributed by atoms with E-state index in [0.29, 0.717) is 11.3 Å². The molecule has 2 N–H and O–H groups in total. The first-order valence-electron chi connectivity index (χ1n) is 10.4. The van der Waals surface area contributed by atoms with Crippen molar-refractivity contribution >= 4 is 27.6 Å². The fourth-order valence-electron chi connectivity index (χ4n) is 3.67. The molecule has 7 nitrogen and oxygen atoms in total. The summed E-state index contributed by atoms with van der Waals surface area (Å²) in [5, 5.41) is 2.88. The predicted molar refractivity (Wildman–Crippen MR) is 118 cm³/mol. The smallest absolute Gasteiger partial charge is 0.338 e. The van der Waals surface area contributed by atoms with Crippen LogP contribution >= 0.6 is 0 Å². The standard InChI is InChI=1S/C23H28N2O5S/c1-16-7-6-10-20(13-16)25-31(28,29)21-14-18(12-11-17(21)2)23(27)30-15-22(26)24-19-8-4-3-5-9-19/h6-7,10-14,19,25H,3-5,8-9,15H2,1-2H3,(H,24,26). The summed E-state index contributed by atoms with van der Waals surface area (Å²) in [5.41, 5.74) is 1.92. The number of hydrogen-bond donors (Lipinski definition) is 2. The van der Waals surface area contributed by atoms with Gasteiger partial charge in [0.2, 0.25) is 0 Å². The molecule has 1 aliphatic rings. The van der Waals surface area contributed by atoms with E-state index in [0.717, 1.165) is 31.2 Å². The number of sulfonamides is 1. The van der Waals surface area contributed by atoms with Gasteiger partial charge in [0.05, 0.1) is 10.5 Å². The zero-order valence-corrected chi connectivity index (χ0v) is 18.6. The van der Waals surface area contributed by atoms with E-state index in [4.69, 9.17) is 4.74 Å². The second kappa shape index (κ2) is 9.96. The van der Waals surface area contributed by atoms with Crippen LogP contribution in [0.25, 0.3) is 0 Å². The molecule has 31 heavy (non-hydrogen) atoms. The summed E-state index contributed by atoms with van der Waals surface area (Å²) in [5.74, 6) is -1.09. The van der Waals surface area contributed by atoms with Gasteiger partial charge in [-0.3, -0.25) is 9.52 Å². The minimum absolute atomic E-state index is 0.0184. The molecule has 0 spiro atoms. The summed E-state index contributed by atoms with van der Waals surface area (Å²) in [6, 6.07) is 11.4. The monoisotopic (exact) mass is 444 g/mol. The molecule has 1 fully saturated rings. The van der Waals surface area contributed by atoms with Crippen LogP contribution in [0.3, 0.4) is 0 Å². The van der Waals surface area contributed by atoms with Gasteiger partial charge in [-0.1, -0.05) is 37.5 Å². The van der Waals surface area contributed by atoms with E-state index >= 15 is 0 Å². The van der Waals surface area contributed by atoms with Crippen molar-refractivity contribution in [2.75, 3.05) is 11.3 Å². The lowest BCUT2D eigenvalue weighted by Crippen LogP contribution is -2.38. The van der Waals surface area contributed by atoms with Crippen LogP contribution in [-0.4, -0.2) is 32.9 Å². The molecule has 0 aromatic heterocycles. The summed E-state index contributed by atoms with van der Waals surface area (Å²) >= 11 is 0. The highest BCUT2D eigenvalue weighted by molar-refractivity contribution is 7.92. The van der Waals surface area contributed by atoms with E-state index in [1.807, 2.05) is 13.0 Å². The molecule has 0 unspecified atom stereocenters. The molecule has 1 aliphatic carbocycles. The second-order valence-electron chi connectivity index (χ2n) is 7.93. The Morgan fingerprint density at radius 1 is 1.03 bits per heavy atom. The van der Waals surface area contributed by atoms with Crippen LogP contribution < -0.4 is 10.0 Å². The number of rotatable bonds is 7. The third kappa shape index (κ3) is 6.30. The maximum Gasteiger partial charge on any atom is 0.338 e. The molecular formula is C23H28N2O5S. The molecule has 2 aromatic rings. The van der Waals surface area contributed by atoms with Crippen LogP contribution in [0.15, 0.2) is 47.4 Å². The molecule has 0 radical (unpaired) electrons. The van der Waals surface area contributed by atoms with Crippen molar-refractivity contribution in [1.82, 2.24) is 5.32 Å². The Kier molecular flexibility index (Phi) is 7.33. The molecule has 1 saturated carbocycles. The van der Waals surface area contributed by atoms with Gasteiger partial charge in [-0.15, -0.1) is 0 Å². The fraction of sp³-hybridized carbons (Fsp3) is 0.391. The number of nitrogens with one attached hydrogen (secondary N) is 2. The average molecular weight is 445 g/mol. The minimum Gasteiger partial charge on any atom is -0.452 e. The van der Waals surface area contributed by atoms with Crippen molar-refractivity contribution in [3.05, 3.63) is 59.2 Å². The summed E-state index contributed by atoms with van der Waals surface area (Å²) in [7, 11) is -3.90. The molecule has 0 atom stereocenters. The molecule has 0 heterocycles. The maximum atomic E-state index is 12.9. The zero-order chi connectivity index (χ0) is 22.4. The largest absolute Gasteiger partial charge is 0.452 e. The van der Waals surface area contributed by atoms with Crippen LogP contribution in [0.2, 0.25) is 0 Å². The predicted octanol–water partition coefficient (Wildman–Crippen LogP) is 3.71. The second-order valence-corrected chi connectivity index (χ2v) is 9.58. The van der Waals surface area contributed by atoms with E-state index in [1.165, 1.54) is 18.6 Å². The number of ether oxygens (including phenoxy) is 1. The number of carbonyl (C=O) groups excluding carboxylic acids is 2. The van der Waals surface area contributed by atoms with Gasteiger partial charge in [0.15, 0.2) is 6.61 Å². The van der Waals surface area contributed by atoms with Gasteiger partial charge in [-0.2, -0.15) is 0 Å². The first kappa shape index (κ1) is 22.8. The molecule has 0 bridgehead atoms. The molecule has 0 aliphatic heterocycles. The Morgan fingerprint density at radius 3 is 2.48 bits per heavy atom. The van der Waals surface area contributed by atoms with Gasteiger partial charge >= 0.3 is 5.97 Å². The number of carbonyl (C=O) groups is 2. The average Bonchev–Trinajstić information content (AvgIpc) is 2.72. The highest BCUT2D eigenvalue weighted by Crippen LogP contribution is 2.22. The Labute approximate surface area is 183 Å². The molecule has 8 heteroatoms. The van der Waals surface area contributed by atoms with Crippen molar-refractivity contribution in [1.29, 1.82) is 0 Å². The molecule has 2 aromatic carbocycles. The number of amides is 1. The van der Waals surface area contributed by atoms with E-state index in [1.54, 1.807) is 31.2 Å². The topological polar surface area (TPSA) is 102 Å². The summed E-state index contributed by atoms with van der Waals surface area (Å²) in [4.78, 5) is 24.5. The Bertz CT molecular complexity index is 1060. The number of aryl methyl sites for hydroxylation is 2. The summed E-state index contributed by atoms with van der Waals surface area (Å²) < 4.78 is 33.4. The molecule has 0 saturated heterocycles. The number of hydrogen-bond acceptors (Lipinski definition) is 5. The quantitative estimate of drug-likeness (QED) is 0.634. The lowest BCUT2D eigenvalue weighted by atomic mass is 9.95. The fourth-order valence-corrected chi connectivity index (χ4v) is 4.99. The van der Waals surface area contributed by atoms with Gasteiger partial charge in [-0.05, 0) is 62.1 Å². The maximum absolute atomic E-state index is 12.9. The van der Waals surface area contributed by atoms with Gasteiger partial charge in [0, 0.05) is 11.7 Å². The number of benzene rings is 2. The first-order chi connectivity index (χ1) is 14.7. The number of anilines is 1. The third-order valence-electron chi connectivity index (χ3n) is 5.29. The van der Waals surface area contributed by atoms with E-state index in [-0.39, 0.29) is 22.4 Å². The molecule has 1 amide bonds. The first-order valence-corrected chi connectivity index (χ1v) is 11.9. The van der Waals surface area contributed by atoms with Gasteiger partial charge in [-0.25, -0.2) is 13.2 Å². The Hall–Kier alpha value is -2.87. The lowest BCUT2D eigenvalue weighted by molar-refractivity contribution is -0.125. The van der Waals surface area contributed by atoms with E-state index in [2.05, 4.69) is 10.0 Å². The third-order valence-corrected chi connectivity index (χ3v) is 6.81. The molecule has 3 rings (SSSR count). The van der Waals surface area contributed by atoms with E-state index < -0.39 is 22.6 Å². The zero-order valence-electron chi connectivity index (χ0n) is 17.8. The van der Waals surface area contributed by atoms with Crippen molar-refractivity contribution < 1.29 is 22.7 Å². The van der Waals surface area contributed by atoms with Gasteiger partial charge in [0.25, 0.3) is 15.9 Å².